The van der Waals surface area contributed by atoms with Gasteiger partial charge in [0.05, 0.1) is 12.7 Å². The minimum atomic E-state index is -0.988. The number of aliphatic hydroxyl groups is 1. The second-order valence-corrected chi connectivity index (χ2v) is 7.77. The van der Waals surface area contributed by atoms with Crippen molar-refractivity contribution >= 4 is 35.5 Å². The Morgan fingerprint density at radius 3 is 2.93 bits per heavy atom. The van der Waals surface area contributed by atoms with E-state index in [0.717, 1.165) is 12.8 Å². The molecule has 3 rings (SSSR count). The fourth-order valence-electron chi connectivity index (χ4n) is 4.11. The van der Waals surface area contributed by atoms with Crippen LogP contribution < -0.4 is 10.7 Å². The van der Waals surface area contributed by atoms with Crippen LogP contribution in [-0.2, 0) is 9.53 Å². The van der Waals surface area contributed by atoms with Crippen molar-refractivity contribution in [2.24, 2.45) is 22.9 Å². The molecule has 2 aliphatic rings. The number of urea groups is 1. The molecule has 9 heteroatoms. The van der Waals surface area contributed by atoms with E-state index in [4.69, 9.17) is 21.4 Å². The van der Waals surface area contributed by atoms with E-state index in [2.05, 4.69) is 15.8 Å². The number of carbonyl (C=O) groups excluding carboxylic acids is 1. The largest absolute Gasteiger partial charge is 0.480 e. The third kappa shape index (κ3) is 6.03. The number of anilines is 1. The number of halogens is 1. The van der Waals surface area contributed by atoms with Gasteiger partial charge in [0.2, 0.25) is 0 Å². The molecule has 0 unspecified atom stereocenters. The molecule has 2 fully saturated rings. The quantitative estimate of drug-likeness (QED) is 0.233. The lowest BCUT2D eigenvalue weighted by atomic mass is 9.92. The summed E-state index contributed by atoms with van der Waals surface area (Å²) in [5, 5.41) is 26.1. The lowest BCUT2D eigenvalue weighted by Gasteiger charge is -2.16. The Kier molecular flexibility index (Phi) is 7.24. The second kappa shape index (κ2) is 9.87. The van der Waals surface area contributed by atoms with Gasteiger partial charge in [-0.25, -0.2) is 15.0 Å². The molecule has 8 nitrogen and oxygen atoms in total. The van der Waals surface area contributed by atoms with Gasteiger partial charge in [-0.3, -0.25) is 0 Å². The molecule has 0 bridgehead atoms. The van der Waals surface area contributed by atoms with Gasteiger partial charge in [0.25, 0.3) is 0 Å². The Morgan fingerprint density at radius 1 is 1.34 bits per heavy atom. The third-order valence-electron chi connectivity index (χ3n) is 5.32. The molecule has 2 aliphatic carbocycles. The number of aliphatic carboxylic acids is 1. The van der Waals surface area contributed by atoms with E-state index in [0.29, 0.717) is 23.0 Å². The van der Waals surface area contributed by atoms with Crippen molar-refractivity contribution in [3.05, 3.63) is 40.9 Å². The van der Waals surface area contributed by atoms with Crippen LogP contribution in [0, 0.1) is 17.8 Å². The average molecular weight is 422 g/mol. The number of carbonyl (C=O) groups is 2. The molecule has 0 saturated heterocycles. The Labute approximate surface area is 173 Å². The summed E-state index contributed by atoms with van der Waals surface area (Å²) in [5.74, 6) is -0.528. The third-order valence-corrected chi connectivity index (χ3v) is 5.56. The average Bonchev–Trinajstić information content (AvgIpc) is 3.16. The summed E-state index contributed by atoms with van der Waals surface area (Å²) >= 11 is 5.88. The fourth-order valence-corrected chi connectivity index (χ4v) is 4.30. The first-order valence-corrected chi connectivity index (χ1v) is 9.81. The first-order chi connectivity index (χ1) is 13.9. The molecule has 0 spiro atoms. The Balaban J connectivity index is 1.49. The number of allylic oxidation sites excluding steroid dienone is 1. The summed E-state index contributed by atoms with van der Waals surface area (Å²) in [6, 6.07) is 6.29. The van der Waals surface area contributed by atoms with Gasteiger partial charge < -0.3 is 20.3 Å². The maximum absolute atomic E-state index is 11.9. The minimum Gasteiger partial charge on any atom is -0.480 e. The standard InChI is InChI=1S/C20H24ClN3O5/c21-14-2-1-3-15(9-14)23-20(28)24-22-10-17-16-7-12(4-5-29-11-19(26)27)6-13(16)8-18(17)25/h1-4,9-10,13,16-18,25H,5-8,11H2,(H,26,27)(H2,23,24,28)/b12-4+,22-10+/t13-,16-,17+,18+/m0/s1. The van der Waals surface area contributed by atoms with Crippen molar-refractivity contribution in [3.63, 3.8) is 0 Å². The monoisotopic (exact) mass is 421 g/mol. The molecule has 1 aromatic rings. The van der Waals surface area contributed by atoms with E-state index in [9.17, 15) is 14.7 Å². The highest BCUT2D eigenvalue weighted by molar-refractivity contribution is 6.30. The van der Waals surface area contributed by atoms with E-state index in [-0.39, 0.29) is 25.0 Å². The summed E-state index contributed by atoms with van der Waals surface area (Å²) < 4.78 is 5.06. The number of hydrogen-bond donors (Lipinski definition) is 4. The van der Waals surface area contributed by atoms with E-state index in [1.54, 1.807) is 30.5 Å². The van der Waals surface area contributed by atoms with E-state index < -0.39 is 18.1 Å². The van der Waals surface area contributed by atoms with Crippen LogP contribution in [-0.4, -0.2) is 47.7 Å². The van der Waals surface area contributed by atoms with Crippen LogP contribution in [0.1, 0.15) is 19.3 Å². The summed E-state index contributed by atoms with van der Waals surface area (Å²) in [4.78, 5) is 22.4. The maximum atomic E-state index is 11.9. The summed E-state index contributed by atoms with van der Waals surface area (Å²) in [6.07, 6.45) is 5.41. The molecule has 0 radical (unpaired) electrons. The number of nitrogens with one attached hydrogen (secondary N) is 2. The lowest BCUT2D eigenvalue weighted by molar-refractivity contribution is -0.141. The molecule has 1 aromatic carbocycles. The van der Waals surface area contributed by atoms with Crippen LogP contribution in [0.15, 0.2) is 41.0 Å². The highest BCUT2D eigenvalue weighted by Gasteiger charge is 2.45. The van der Waals surface area contributed by atoms with Gasteiger partial charge in [0, 0.05) is 22.8 Å². The van der Waals surface area contributed by atoms with Crippen LogP contribution in [0.5, 0.6) is 0 Å². The number of ether oxygens (including phenoxy) is 1. The molecule has 0 aromatic heterocycles. The van der Waals surface area contributed by atoms with E-state index in [1.807, 2.05) is 6.08 Å². The molecule has 4 atom stereocenters. The number of rotatable bonds is 7. The highest BCUT2D eigenvalue weighted by atomic mass is 35.5. The summed E-state index contributed by atoms with van der Waals surface area (Å²) in [7, 11) is 0. The second-order valence-electron chi connectivity index (χ2n) is 7.34. The molecule has 4 N–H and O–H groups in total. The number of hydrazone groups is 1. The number of aliphatic hydroxyl groups excluding tert-OH is 1. The number of amides is 2. The van der Waals surface area contributed by atoms with E-state index >= 15 is 0 Å². The predicted octanol–water partition coefficient (Wildman–Crippen LogP) is 2.88. The SMILES string of the molecule is O=C(O)COC/C=C1\C[C@H]2C[C@@H](O)[C@H](/C=N/NC(=O)Nc3cccc(Cl)c3)[C@H]2C1. The number of hydrogen-bond acceptors (Lipinski definition) is 5. The zero-order chi connectivity index (χ0) is 20.8. The minimum absolute atomic E-state index is 0.141. The van der Waals surface area contributed by atoms with Gasteiger partial charge in [0.1, 0.15) is 6.61 Å². The van der Waals surface area contributed by atoms with Gasteiger partial charge in [-0.05, 0) is 49.3 Å². The molecule has 2 amide bonds. The zero-order valence-corrected chi connectivity index (χ0v) is 16.5. The number of carboxylic acid groups (broad SMARTS) is 1. The van der Waals surface area contributed by atoms with Crippen LogP contribution in [0.4, 0.5) is 10.5 Å². The molecular formula is C20H24ClN3O5. The number of nitrogens with zero attached hydrogens (tertiary/aromatic N) is 1. The van der Waals surface area contributed by atoms with Crippen LogP contribution in [0.2, 0.25) is 5.02 Å². The number of fused-ring (bicyclic) bond motifs is 1. The molecule has 2 saturated carbocycles. The van der Waals surface area contributed by atoms with Crippen LogP contribution >= 0.6 is 11.6 Å². The first kappa shape index (κ1) is 21.3. The summed E-state index contributed by atoms with van der Waals surface area (Å²) in [5.41, 5.74) is 4.18. The van der Waals surface area contributed by atoms with Crippen molar-refractivity contribution in [3.8, 4) is 0 Å². The summed E-state index contributed by atoms with van der Waals surface area (Å²) in [6.45, 7) is -0.0405. The van der Waals surface area contributed by atoms with Crippen molar-refractivity contribution in [1.29, 1.82) is 0 Å². The molecule has 156 valence electrons. The molecule has 29 heavy (non-hydrogen) atoms. The molecule has 0 heterocycles. The van der Waals surface area contributed by atoms with Crippen LogP contribution in [0.25, 0.3) is 0 Å². The van der Waals surface area contributed by atoms with Crippen molar-refractivity contribution in [1.82, 2.24) is 5.43 Å². The van der Waals surface area contributed by atoms with Crippen LogP contribution in [0.3, 0.4) is 0 Å². The number of benzene rings is 1. The van der Waals surface area contributed by atoms with Gasteiger partial charge in [-0.1, -0.05) is 29.3 Å². The van der Waals surface area contributed by atoms with Gasteiger partial charge in [-0.2, -0.15) is 5.10 Å². The normalized spacial score (nSPS) is 27.3. The Morgan fingerprint density at radius 2 is 2.17 bits per heavy atom. The number of carboxylic acids is 1. The van der Waals surface area contributed by atoms with Gasteiger partial charge >= 0.3 is 12.0 Å². The van der Waals surface area contributed by atoms with E-state index in [1.165, 1.54) is 5.57 Å². The fraction of sp³-hybridized carbons (Fsp3) is 0.450. The van der Waals surface area contributed by atoms with Gasteiger partial charge in [0.15, 0.2) is 0 Å². The van der Waals surface area contributed by atoms with Crippen molar-refractivity contribution < 1.29 is 24.5 Å². The predicted molar refractivity (Wildman–Crippen MR) is 109 cm³/mol. The van der Waals surface area contributed by atoms with Crippen molar-refractivity contribution in [2.45, 2.75) is 25.4 Å². The maximum Gasteiger partial charge on any atom is 0.339 e. The van der Waals surface area contributed by atoms with Crippen molar-refractivity contribution in [2.75, 3.05) is 18.5 Å². The zero-order valence-electron chi connectivity index (χ0n) is 15.8. The molecule has 0 aliphatic heterocycles. The Hall–Kier alpha value is -2.42. The van der Waals surface area contributed by atoms with Gasteiger partial charge in [-0.15, -0.1) is 0 Å². The Bertz CT molecular complexity index is 813. The lowest BCUT2D eigenvalue weighted by Crippen LogP contribution is -2.27. The first-order valence-electron chi connectivity index (χ1n) is 9.43. The highest BCUT2D eigenvalue weighted by Crippen LogP contribution is 2.49. The molecular weight excluding hydrogens is 398 g/mol. The smallest absolute Gasteiger partial charge is 0.339 e. The topological polar surface area (TPSA) is 120 Å².